The third-order valence-corrected chi connectivity index (χ3v) is 2.45. The van der Waals surface area contributed by atoms with Gasteiger partial charge in [0.2, 0.25) is 5.91 Å². The summed E-state index contributed by atoms with van der Waals surface area (Å²) < 4.78 is 0. The van der Waals surface area contributed by atoms with Crippen molar-refractivity contribution in [2.75, 3.05) is 11.9 Å². The average molecular weight is 187 g/mol. The van der Waals surface area contributed by atoms with Gasteiger partial charge in [0, 0.05) is 18.3 Å². The van der Waals surface area contributed by atoms with Crippen molar-refractivity contribution >= 4 is 11.6 Å². The summed E-state index contributed by atoms with van der Waals surface area (Å²) in [5.74, 6) is -0.130. The molecule has 1 aliphatic rings. The first-order chi connectivity index (χ1) is 6.65. The van der Waals surface area contributed by atoms with Crippen LogP contribution in [0.4, 0.5) is 5.69 Å². The lowest BCUT2D eigenvalue weighted by Gasteiger charge is -2.09. The number of carbonyl (C=O) groups excluding carboxylic acids is 1. The van der Waals surface area contributed by atoms with Gasteiger partial charge in [-0.25, -0.2) is 0 Å². The van der Waals surface area contributed by atoms with Gasteiger partial charge < -0.3 is 10.6 Å². The Morgan fingerprint density at radius 3 is 2.93 bits per heavy atom. The van der Waals surface area contributed by atoms with Gasteiger partial charge in [-0.1, -0.05) is 6.07 Å². The maximum Gasteiger partial charge on any atom is 0.248 e. The number of carbonyl (C=O) groups is 1. The lowest BCUT2D eigenvalue weighted by Crippen LogP contribution is -2.27. The summed E-state index contributed by atoms with van der Waals surface area (Å²) in [5.41, 5.74) is 7.76. The van der Waals surface area contributed by atoms with E-state index in [1.54, 1.807) is 25.2 Å². The van der Waals surface area contributed by atoms with Gasteiger partial charge in [-0.3, -0.25) is 4.79 Å². The number of nitriles is 1. The van der Waals surface area contributed by atoms with Crippen LogP contribution in [0.3, 0.4) is 0 Å². The van der Waals surface area contributed by atoms with E-state index in [9.17, 15) is 4.79 Å². The molecule has 1 aromatic carbocycles. The largest absolute Gasteiger partial charge is 0.316 e. The molecule has 0 radical (unpaired) electrons. The van der Waals surface area contributed by atoms with Crippen LogP contribution in [0, 0.1) is 11.3 Å². The molecule has 4 nitrogen and oxygen atoms in total. The molecule has 2 rings (SSSR count). The minimum absolute atomic E-state index is 0.130. The number of benzene rings is 1. The van der Waals surface area contributed by atoms with Gasteiger partial charge in [-0.05, 0) is 12.1 Å². The van der Waals surface area contributed by atoms with Crippen molar-refractivity contribution < 1.29 is 4.79 Å². The molecule has 14 heavy (non-hydrogen) atoms. The molecule has 0 saturated carbocycles. The Kier molecular flexibility index (Phi) is 1.76. The first kappa shape index (κ1) is 8.73. The van der Waals surface area contributed by atoms with Crippen LogP contribution in [-0.2, 0) is 4.79 Å². The van der Waals surface area contributed by atoms with Crippen LogP contribution < -0.4 is 10.6 Å². The van der Waals surface area contributed by atoms with E-state index in [1.165, 1.54) is 4.90 Å². The van der Waals surface area contributed by atoms with Crippen molar-refractivity contribution in [2.45, 2.75) is 6.04 Å². The first-order valence-corrected chi connectivity index (χ1v) is 4.22. The number of hydrogen-bond donors (Lipinski definition) is 1. The Morgan fingerprint density at radius 1 is 1.57 bits per heavy atom. The third kappa shape index (κ3) is 0.998. The maximum atomic E-state index is 11.5. The molecule has 0 fully saturated rings. The number of fused-ring (bicyclic) bond motifs is 1. The average Bonchev–Trinajstić information content (AvgIpc) is 2.44. The topological polar surface area (TPSA) is 70.1 Å². The van der Waals surface area contributed by atoms with E-state index in [1.807, 2.05) is 6.07 Å². The fourth-order valence-corrected chi connectivity index (χ4v) is 1.63. The Labute approximate surface area is 81.5 Å². The number of likely N-dealkylation sites (N-methyl/N-ethyl adjacent to an activating group) is 1. The molecular formula is C10H9N3O. The van der Waals surface area contributed by atoms with E-state index in [4.69, 9.17) is 11.0 Å². The summed E-state index contributed by atoms with van der Waals surface area (Å²) in [6.07, 6.45) is 0. The highest BCUT2D eigenvalue weighted by Gasteiger charge is 2.32. The quantitative estimate of drug-likeness (QED) is 0.644. The highest BCUT2D eigenvalue weighted by molar-refractivity contribution is 6.04. The normalized spacial score (nSPS) is 19.4. The predicted molar refractivity (Wildman–Crippen MR) is 51.5 cm³/mol. The summed E-state index contributed by atoms with van der Waals surface area (Å²) in [6.45, 7) is 0. The minimum atomic E-state index is -0.581. The molecule has 1 aliphatic heterocycles. The third-order valence-electron chi connectivity index (χ3n) is 2.45. The van der Waals surface area contributed by atoms with Crippen molar-refractivity contribution in [3.63, 3.8) is 0 Å². The van der Waals surface area contributed by atoms with Gasteiger partial charge in [0.15, 0.2) is 0 Å². The van der Waals surface area contributed by atoms with E-state index in [-0.39, 0.29) is 5.91 Å². The highest BCUT2D eigenvalue weighted by atomic mass is 16.2. The van der Waals surface area contributed by atoms with Gasteiger partial charge in [0.25, 0.3) is 0 Å². The van der Waals surface area contributed by atoms with Gasteiger partial charge in [-0.2, -0.15) is 5.26 Å². The molecule has 1 heterocycles. The molecule has 1 aromatic rings. The summed E-state index contributed by atoms with van der Waals surface area (Å²) in [4.78, 5) is 13.0. The summed E-state index contributed by atoms with van der Waals surface area (Å²) in [7, 11) is 1.66. The van der Waals surface area contributed by atoms with Crippen LogP contribution in [0.1, 0.15) is 17.2 Å². The fourth-order valence-electron chi connectivity index (χ4n) is 1.63. The van der Waals surface area contributed by atoms with Crippen LogP contribution in [0.15, 0.2) is 18.2 Å². The highest BCUT2D eigenvalue weighted by Crippen LogP contribution is 2.33. The smallest absolute Gasteiger partial charge is 0.248 e. The number of amides is 1. The molecule has 4 heteroatoms. The van der Waals surface area contributed by atoms with E-state index >= 15 is 0 Å². The minimum Gasteiger partial charge on any atom is -0.316 e. The molecule has 2 N–H and O–H groups in total. The van der Waals surface area contributed by atoms with Crippen LogP contribution in [0.2, 0.25) is 0 Å². The van der Waals surface area contributed by atoms with Crippen molar-refractivity contribution in [3.8, 4) is 6.07 Å². The van der Waals surface area contributed by atoms with E-state index in [2.05, 4.69) is 0 Å². The molecule has 0 unspecified atom stereocenters. The molecule has 1 amide bonds. The maximum absolute atomic E-state index is 11.5. The second kappa shape index (κ2) is 2.82. The van der Waals surface area contributed by atoms with Crippen LogP contribution >= 0.6 is 0 Å². The number of nitrogens with zero attached hydrogens (tertiary/aromatic N) is 2. The summed E-state index contributed by atoms with van der Waals surface area (Å²) in [5, 5.41) is 8.70. The standard InChI is InChI=1S/C10H9N3O/c1-13-8-4-6(5-11)2-3-7(8)9(12)10(13)14/h2-4,9H,12H2,1H3/t9-/m0/s1. The monoisotopic (exact) mass is 187 g/mol. The zero-order valence-electron chi connectivity index (χ0n) is 7.69. The SMILES string of the molecule is CN1C(=O)[C@@H](N)c2ccc(C#N)cc21. The summed E-state index contributed by atoms with van der Waals surface area (Å²) in [6, 6.07) is 6.54. The molecule has 0 aliphatic carbocycles. The lowest BCUT2D eigenvalue weighted by atomic mass is 10.1. The van der Waals surface area contributed by atoms with Crippen LogP contribution in [0.25, 0.3) is 0 Å². The first-order valence-electron chi connectivity index (χ1n) is 4.22. The zero-order valence-corrected chi connectivity index (χ0v) is 7.69. The molecule has 0 saturated heterocycles. The van der Waals surface area contributed by atoms with Crippen molar-refractivity contribution in [1.29, 1.82) is 5.26 Å². The van der Waals surface area contributed by atoms with Gasteiger partial charge in [-0.15, -0.1) is 0 Å². The molecule has 0 spiro atoms. The molecule has 0 aromatic heterocycles. The van der Waals surface area contributed by atoms with Gasteiger partial charge in [0.1, 0.15) is 6.04 Å². The van der Waals surface area contributed by atoms with Gasteiger partial charge >= 0.3 is 0 Å². The second-order valence-corrected chi connectivity index (χ2v) is 3.26. The number of rotatable bonds is 0. The van der Waals surface area contributed by atoms with Crippen molar-refractivity contribution in [3.05, 3.63) is 29.3 Å². The Morgan fingerprint density at radius 2 is 2.29 bits per heavy atom. The lowest BCUT2D eigenvalue weighted by molar-refractivity contribution is -0.118. The number of nitrogens with two attached hydrogens (primary N) is 1. The molecule has 0 bridgehead atoms. The van der Waals surface area contributed by atoms with Crippen LogP contribution in [-0.4, -0.2) is 13.0 Å². The van der Waals surface area contributed by atoms with E-state index in [0.29, 0.717) is 5.56 Å². The Hall–Kier alpha value is -1.86. The summed E-state index contributed by atoms with van der Waals surface area (Å²) >= 11 is 0. The second-order valence-electron chi connectivity index (χ2n) is 3.26. The molecular weight excluding hydrogens is 178 g/mol. The van der Waals surface area contributed by atoms with E-state index < -0.39 is 6.04 Å². The molecule has 70 valence electrons. The fraction of sp³-hybridized carbons (Fsp3) is 0.200. The van der Waals surface area contributed by atoms with Crippen LogP contribution in [0.5, 0.6) is 0 Å². The predicted octanol–water partition coefficient (Wildman–Crippen LogP) is 0.534. The Bertz CT molecular complexity index is 447. The number of anilines is 1. The zero-order chi connectivity index (χ0) is 10.3. The van der Waals surface area contributed by atoms with Gasteiger partial charge in [0.05, 0.1) is 11.6 Å². The van der Waals surface area contributed by atoms with Crippen molar-refractivity contribution in [2.24, 2.45) is 5.73 Å². The Balaban J connectivity index is 2.60. The van der Waals surface area contributed by atoms with E-state index in [0.717, 1.165) is 11.3 Å². The molecule has 1 atom stereocenters. The number of hydrogen-bond acceptors (Lipinski definition) is 3. The van der Waals surface area contributed by atoms with Crippen molar-refractivity contribution in [1.82, 2.24) is 0 Å².